The van der Waals surface area contributed by atoms with Crippen molar-refractivity contribution in [3.63, 3.8) is 0 Å². The first kappa shape index (κ1) is 20.9. The summed E-state index contributed by atoms with van der Waals surface area (Å²) in [5.41, 5.74) is 8.18. The number of hydrogen-bond donors (Lipinski definition) is 4. The van der Waals surface area contributed by atoms with Crippen LogP contribution in [0, 0.1) is 49.3 Å². The molecule has 18 heavy (non-hydrogen) atoms. The quantitative estimate of drug-likeness (QED) is 0.508. The molecule has 1 aliphatic rings. The van der Waals surface area contributed by atoms with E-state index in [1.54, 1.807) is 0 Å². The van der Waals surface area contributed by atoms with Gasteiger partial charge in [0.2, 0.25) is 0 Å². The molecule has 5 heteroatoms. The molecule has 1 atom stereocenters. The van der Waals surface area contributed by atoms with Gasteiger partial charge in [0.25, 0.3) is 0 Å². The standard InChI is InChI=1S/C9H13.C4H11NO3.Er/c1-6-5-7(2)9(4)8(6)3;5-4(1-6,2-7)3-8;/h6H,1-4H3;6-8H,1-3,5H2;/q-1;;. The molecule has 0 aliphatic heterocycles. The van der Waals surface area contributed by atoms with E-state index in [4.69, 9.17) is 21.1 Å². The van der Waals surface area contributed by atoms with E-state index >= 15 is 0 Å². The zero-order valence-corrected chi connectivity index (χ0v) is 13.3. The molecule has 4 nitrogen and oxygen atoms in total. The summed E-state index contributed by atoms with van der Waals surface area (Å²) in [7, 11) is 0. The molecule has 112 valence electrons. The first-order valence-corrected chi connectivity index (χ1v) is 5.70. The van der Waals surface area contributed by atoms with Crippen molar-refractivity contribution in [2.75, 3.05) is 19.8 Å². The zero-order valence-electron chi connectivity index (χ0n) is 11.4. The van der Waals surface area contributed by atoms with E-state index < -0.39 is 25.4 Å². The van der Waals surface area contributed by atoms with Gasteiger partial charge >= 0.3 is 0 Å². The van der Waals surface area contributed by atoms with Gasteiger partial charge in [-0.25, -0.2) is 5.57 Å². The van der Waals surface area contributed by atoms with E-state index in [0.29, 0.717) is 5.92 Å². The molecular formula is C13H24ErNO3-. The van der Waals surface area contributed by atoms with Gasteiger partial charge in [0.05, 0.1) is 25.4 Å². The van der Waals surface area contributed by atoms with E-state index in [1.165, 1.54) is 16.7 Å². The average Bonchev–Trinajstić information content (AvgIpc) is 2.56. The molecule has 0 amide bonds. The van der Waals surface area contributed by atoms with Gasteiger partial charge in [0, 0.05) is 37.3 Å². The summed E-state index contributed by atoms with van der Waals surface area (Å²) in [5, 5.41) is 25.0. The monoisotopic (exact) mass is 408 g/mol. The van der Waals surface area contributed by atoms with Gasteiger partial charge in [-0.05, 0) is 0 Å². The minimum Gasteiger partial charge on any atom is -0.394 e. The van der Waals surface area contributed by atoms with Crippen LogP contribution < -0.4 is 5.73 Å². The molecule has 0 radical (unpaired) electrons. The fraction of sp³-hybridized carbons (Fsp3) is 0.692. The number of hydrogen-bond acceptors (Lipinski definition) is 4. The molecule has 0 fully saturated rings. The molecule has 0 aromatic heterocycles. The second kappa shape index (κ2) is 9.47. The summed E-state index contributed by atoms with van der Waals surface area (Å²) in [6.07, 6.45) is 3.36. The maximum atomic E-state index is 8.34. The maximum Gasteiger partial charge on any atom is 0.0856 e. The molecule has 0 bridgehead atoms. The Morgan fingerprint density at radius 2 is 1.50 bits per heavy atom. The Bertz CT molecular complexity index is 301. The van der Waals surface area contributed by atoms with Crippen LogP contribution in [0.3, 0.4) is 0 Å². The predicted octanol–water partition coefficient (Wildman–Crippen LogP) is 0.383. The van der Waals surface area contributed by atoms with Crippen molar-refractivity contribution in [3.8, 4) is 0 Å². The SMILES string of the molecule is CC1=[C-]C(C)C(C)=C1C.NC(CO)(CO)CO.[Er]. The third kappa shape index (κ3) is 6.14. The predicted molar refractivity (Wildman–Crippen MR) is 68.1 cm³/mol. The van der Waals surface area contributed by atoms with Crippen LogP contribution in [0.25, 0.3) is 0 Å². The van der Waals surface area contributed by atoms with Crippen molar-refractivity contribution in [3.05, 3.63) is 22.8 Å². The summed E-state index contributed by atoms with van der Waals surface area (Å²) in [4.78, 5) is 0. The van der Waals surface area contributed by atoms with Crippen molar-refractivity contribution >= 4 is 0 Å². The maximum absolute atomic E-state index is 8.34. The van der Waals surface area contributed by atoms with Crippen molar-refractivity contribution in [1.82, 2.24) is 0 Å². The molecular weight excluding hydrogens is 385 g/mol. The first-order chi connectivity index (χ1) is 7.81. The smallest absolute Gasteiger partial charge is 0.0856 e. The van der Waals surface area contributed by atoms with E-state index in [-0.39, 0.29) is 37.3 Å². The van der Waals surface area contributed by atoms with Crippen LogP contribution in [-0.4, -0.2) is 40.7 Å². The third-order valence-corrected chi connectivity index (χ3v) is 3.18. The van der Waals surface area contributed by atoms with Gasteiger partial charge in [0.1, 0.15) is 0 Å². The fourth-order valence-electron chi connectivity index (χ4n) is 1.31. The topological polar surface area (TPSA) is 86.7 Å². The van der Waals surface area contributed by atoms with E-state index in [2.05, 4.69) is 33.8 Å². The van der Waals surface area contributed by atoms with Gasteiger partial charge in [-0.1, -0.05) is 26.7 Å². The largest absolute Gasteiger partial charge is 0.394 e. The molecule has 0 spiro atoms. The van der Waals surface area contributed by atoms with Crippen LogP contribution in [0.4, 0.5) is 0 Å². The van der Waals surface area contributed by atoms with Crippen LogP contribution in [0.15, 0.2) is 16.7 Å². The van der Waals surface area contributed by atoms with Crippen LogP contribution in [-0.2, 0) is 0 Å². The van der Waals surface area contributed by atoms with Crippen LogP contribution in [0.5, 0.6) is 0 Å². The molecule has 0 aromatic rings. The normalized spacial score (nSPS) is 18.9. The average molecular weight is 410 g/mol. The van der Waals surface area contributed by atoms with E-state index in [1.807, 2.05) is 0 Å². The van der Waals surface area contributed by atoms with Gasteiger partial charge < -0.3 is 21.1 Å². The Kier molecular flexibility index (Phi) is 11.0. The van der Waals surface area contributed by atoms with Gasteiger partial charge in [-0.15, -0.1) is 6.92 Å². The Morgan fingerprint density at radius 1 is 1.11 bits per heavy atom. The van der Waals surface area contributed by atoms with E-state index in [0.717, 1.165) is 0 Å². The number of rotatable bonds is 3. The minimum absolute atomic E-state index is 0. The van der Waals surface area contributed by atoms with Crippen molar-refractivity contribution < 1.29 is 52.6 Å². The van der Waals surface area contributed by atoms with Crippen LogP contribution in [0.2, 0.25) is 0 Å². The summed E-state index contributed by atoms with van der Waals surface area (Å²) in [6.45, 7) is 7.46. The third-order valence-electron chi connectivity index (χ3n) is 3.18. The van der Waals surface area contributed by atoms with Gasteiger partial charge in [0.15, 0.2) is 0 Å². The second-order valence-corrected chi connectivity index (χ2v) is 4.64. The molecule has 1 aliphatic carbocycles. The molecule has 0 aromatic carbocycles. The Hall–Kier alpha value is 0.567. The van der Waals surface area contributed by atoms with Crippen molar-refractivity contribution in [1.29, 1.82) is 0 Å². The number of aliphatic hydroxyl groups excluding tert-OH is 3. The first-order valence-electron chi connectivity index (χ1n) is 5.70. The fourth-order valence-corrected chi connectivity index (χ4v) is 1.31. The molecule has 0 heterocycles. The Balaban J connectivity index is 0. The summed E-state index contributed by atoms with van der Waals surface area (Å²) in [5.74, 6) is 0.560. The minimum atomic E-state index is -1.21. The molecule has 5 N–H and O–H groups in total. The summed E-state index contributed by atoms with van der Waals surface area (Å²) < 4.78 is 0. The summed E-state index contributed by atoms with van der Waals surface area (Å²) in [6, 6.07) is 0. The van der Waals surface area contributed by atoms with Gasteiger partial charge in [-0.3, -0.25) is 6.08 Å². The molecule has 1 unspecified atom stereocenters. The van der Waals surface area contributed by atoms with Crippen LogP contribution in [0.1, 0.15) is 27.7 Å². The number of aliphatic hydroxyl groups is 3. The van der Waals surface area contributed by atoms with Crippen LogP contribution >= 0.6 is 0 Å². The summed E-state index contributed by atoms with van der Waals surface area (Å²) >= 11 is 0. The number of allylic oxidation sites excluding steroid dienone is 4. The van der Waals surface area contributed by atoms with E-state index in [9.17, 15) is 0 Å². The molecule has 0 saturated carbocycles. The van der Waals surface area contributed by atoms with Gasteiger partial charge in [-0.2, -0.15) is 11.1 Å². The van der Waals surface area contributed by atoms with Crippen molar-refractivity contribution in [2.45, 2.75) is 33.2 Å². The Morgan fingerprint density at radius 3 is 1.56 bits per heavy atom. The zero-order chi connectivity index (χ0) is 13.6. The molecule has 1 rings (SSSR count). The number of nitrogens with two attached hydrogens (primary N) is 1. The van der Waals surface area contributed by atoms with Crippen molar-refractivity contribution in [2.24, 2.45) is 11.7 Å². The Labute approximate surface area is 139 Å². The second-order valence-electron chi connectivity index (χ2n) is 4.64. The molecule has 0 saturated heterocycles.